The van der Waals surface area contributed by atoms with Gasteiger partial charge in [-0.05, 0) is 130 Å². The number of benzene rings is 3. The van der Waals surface area contributed by atoms with Crippen molar-refractivity contribution in [3.63, 3.8) is 0 Å². The van der Waals surface area contributed by atoms with E-state index in [0.29, 0.717) is 37.0 Å². The van der Waals surface area contributed by atoms with Gasteiger partial charge in [0.1, 0.15) is 36.1 Å². The fourth-order valence-corrected chi connectivity index (χ4v) is 12.0. The van der Waals surface area contributed by atoms with Gasteiger partial charge in [0.05, 0.1) is 54.3 Å². The van der Waals surface area contributed by atoms with E-state index in [4.69, 9.17) is 24.2 Å². The number of fused-ring (bicyclic) bond motifs is 7. The van der Waals surface area contributed by atoms with E-state index >= 15 is 0 Å². The summed E-state index contributed by atoms with van der Waals surface area (Å²) >= 11 is 0. The SMILES string of the molecule is COC(=O)NC(C(=O)N1[C@@H](C)CC[C@H]1c1nc2c(ccc3cc4c(cc32)OCc2cc(-c3cnc([C@@H]5C[C@@H]6CCC[C@@H]6N5C(=O)C(NC(=O)O)C(C)C)[nH]3)ccc2-4)[nH]1)C1C[C@@H](C)O[C@H](C)C1. The van der Waals surface area contributed by atoms with Gasteiger partial charge in [0.25, 0.3) is 0 Å². The van der Waals surface area contributed by atoms with Crippen molar-refractivity contribution in [2.24, 2.45) is 17.8 Å². The lowest BCUT2D eigenvalue weighted by atomic mass is 9.85. The molecule has 1 aliphatic carbocycles. The van der Waals surface area contributed by atoms with Crippen LogP contribution in [0.4, 0.5) is 9.59 Å². The van der Waals surface area contributed by atoms with Gasteiger partial charge >= 0.3 is 12.2 Å². The van der Waals surface area contributed by atoms with E-state index in [1.54, 1.807) is 0 Å². The Morgan fingerprint density at radius 3 is 2.42 bits per heavy atom. The van der Waals surface area contributed by atoms with Crippen molar-refractivity contribution in [3.05, 3.63) is 65.9 Å². The number of nitrogens with zero attached hydrogens (tertiary/aromatic N) is 4. The number of carboxylic acid groups (broad SMARTS) is 1. The van der Waals surface area contributed by atoms with E-state index in [-0.39, 0.29) is 60.0 Å². The van der Waals surface area contributed by atoms with Crippen LogP contribution in [0, 0.1) is 17.8 Å². The lowest BCUT2D eigenvalue weighted by Crippen LogP contribution is -2.55. The molecule has 66 heavy (non-hydrogen) atoms. The fourth-order valence-electron chi connectivity index (χ4n) is 12.0. The molecule has 3 saturated heterocycles. The Kier molecular flexibility index (Phi) is 11.4. The summed E-state index contributed by atoms with van der Waals surface area (Å²) < 4.78 is 17.5. The van der Waals surface area contributed by atoms with Crippen molar-refractivity contribution in [1.82, 2.24) is 40.4 Å². The summed E-state index contributed by atoms with van der Waals surface area (Å²) in [5, 5.41) is 16.9. The largest absolute Gasteiger partial charge is 0.488 e. The van der Waals surface area contributed by atoms with Crippen LogP contribution < -0.4 is 15.4 Å². The quantitative estimate of drug-likeness (QED) is 0.0956. The molecule has 10 rings (SSSR count). The number of carbonyl (C=O) groups excluding carboxylic acids is 3. The van der Waals surface area contributed by atoms with Crippen molar-refractivity contribution >= 4 is 45.8 Å². The smallest absolute Gasteiger partial charge is 0.407 e. The molecule has 3 aromatic carbocycles. The third kappa shape index (κ3) is 7.79. The van der Waals surface area contributed by atoms with E-state index in [1.165, 1.54) is 7.11 Å². The second kappa shape index (κ2) is 17.2. The molecule has 2 aromatic heterocycles. The van der Waals surface area contributed by atoms with Gasteiger partial charge in [-0.15, -0.1) is 0 Å². The number of hydrogen-bond donors (Lipinski definition) is 5. The van der Waals surface area contributed by atoms with E-state index < -0.39 is 24.3 Å². The van der Waals surface area contributed by atoms with Crippen molar-refractivity contribution in [1.29, 1.82) is 0 Å². The number of rotatable bonds is 9. The Bertz CT molecular complexity index is 2700. The number of alkyl carbamates (subject to hydrolysis) is 1. The van der Waals surface area contributed by atoms with Gasteiger partial charge in [0.2, 0.25) is 11.8 Å². The molecular formula is C50H60N8O8. The first-order valence-corrected chi connectivity index (χ1v) is 23.7. The van der Waals surface area contributed by atoms with Gasteiger partial charge in [0.15, 0.2) is 0 Å². The van der Waals surface area contributed by atoms with Crippen LogP contribution in [-0.2, 0) is 25.7 Å². The number of aromatic amines is 2. The molecule has 16 nitrogen and oxygen atoms in total. The highest BCUT2D eigenvalue weighted by atomic mass is 16.5. The van der Waals surface area contributed by atoms with Crippen LogP contribution in [-0.4, -0.2) is 102 Å². The molecule has 6 heterocycles. The van der Waals surface area contributed by atoms with E-state index in [1.807, 2.05) is 49.8 Å². The van der Waals surface area contributed by atoms with Crippen LogP contribution in [0.3, 0.4) is 0 Å². The van der Waals surface area contributed by atoms with Crippen molar-refractivity contribution < 1.29 is 38.5 Å². The van der Waals surface area contributed by atoms with Crippen molar-refractivity contribution in [2.45, 2.75) is 141 Å². The molecule has 4 amide bonds. The molecule has 16 heteroatoms. The van der Waals surface area contributed by atoms with Crippen molar-refractivity contribution in [3.8, 4) is 28.1 Å². The highest BCUT2D eigenvalue weighted by Gasteiger charge is 2.50. The van der Waals surface area contributed by atoms with Gasteiger partial charge in [-0.3, -0.25) is 9.59 Å². The summed E-state index contributed by atoms with van der Waals surface area (Å²) in [5.74, 6) is 1.92. The number of likely N-dealkylation sites (tertiary alicyclic amines) is 2. The second-order valence-electron chi connectivity index (χ2n) is 19.7. The highest BCUT2D eigenvalue weighted by Crippen LogP contribution is 2.48. The summed E-state index contributed by atoms with van der Waals surface area (Å²) in [6, 6.07) is 12.6. The minimum Gasteiger partial charge on any atom is -0.488 e. The van der Waals surface area contributed by atoms with Crippen LogP contribution in [0.15, 0.2) is 48.7 Å². The zero-order valence-electron chi connectivity index (χ0n) is 38.4. The third-order valence-corrected chi connectivity index (χ3v) is 15.1. The summed E-state index contributed by atoms with van der Waals surface area (Å²) in [5.41, 5.74) is 6.56. The zero-order valence-corrected chi connectivity index (χ0v) is 38.4. The average molecular weight is 901 g/mol. The third-order valence-electron chi connectivity index (χ3n) is 15.1. The van der Waals surface area contributed by atoms with E-state index in [9.17, 15) is 24.3 Å². The van der Waals surface area contributed by atoms with Crippen LogP contribution >= 0.6 is 0 Å². The molecule has 0 spiro atoms. The first kappa shape index (κ1) is 43.7. The minimum absolute atomic E-state index is 0.0362. The van der Waals surface area contributed by atoms with Gasteiger partial charge in [0, 0.05) is 23.0 Å². The minimum atomic E-state index is -1.20. The maximum atomic E-state index is 14.6. The lowest BCUT2D eigenvalue weighted by Gasteiger charge is -2.39. The Labute approximate surface area is 383 Å². The molecule has 4 fully saturated rings. The summed E-state index contributed by atoms with van der Waals surface area (Å²) in [4.78, 5) is 73.9. The molecule has 348 valence electrons. The number of nitrogens with one attached hydrogen (secondary N) is 4. The highest BCUT2D eigenvalue weighted by molar-refractivity contribution is 6.07. The van der Waals surface area contributed by atoms with E-state index in [2.05, 4.69) is 63.9 Å². The number of aromatic nitrogens is 4. The summed E-state index contributed by atoms with van der Waals surface area (Å²) in [6.07, 6.45) is 6.56. The molecule has 2 unspecified atom stereocenters. The van der Waals surface area contributed by atoms with Gasteiger partial charge in [-0.1, -0.05) is 38.5 Å². The topological polar surface area (TPSA) is 204 Å². The second-order valence-corrected chi connectivity index (χ2v) is 19.7. The monoisotopic (exact) mass is 900 g/mol. The average Bonchev–Trinajstić information content (AvgIpc) is 4.14. The van der Waals surface area contributed by atoms with Gasteiger partial charge in [-0.2, -0.15) is 0 Å². The maximum Gasteiger partial charge on any atom is 0.407 e. The Hall–Kier alpha value is -6.16. The molecule has 5 N–H and O–H groups in total. The number of amides is 4. The number of ether oxygens (including phenoxy) is 3. The lowest BCUT2D eigenvalue weighted by molar-refractivity contribution is -0.140. The Balaban J connectivity index is 0.909. The van der Waals surface area contributed by atoms with Gasteiger partial charge in [-0.25, -0.2) is 19.6 Å². The number of hydrogen-bond acceptors (Lipinski definition) is 9. The first-order valence-electron chi connectivity index (χ1n) is 23.7. The molecule has 5 aromatic rings. The number of H-pyrrole nitrogens is 2. The maximum absolute atomic E-state index is 14.6. The zero-order chi connectivity index (χ0) is 46.1. The van der Waals surface area contributed by atoms with Crippen LogP contribution in [0.1, 0.15) is 115 Å². The van der Waals surface area contributed by atoms with Crippen LogP contribution in [0.25, 0.3) is 44.2 Å². The Morgan fingerprint density at radius 2 is 1.67 bits per heavy atom. The predicted molar refractivity (Wildman–Crippen MR) is 246 cm³/mol. The fraction of sp³-hybridized carbons (Fsp3) is 0.520. The molecule has 1 saturated carbocycles. The molecule has 0 radical (unpaired) electrons. The van der Waals surface area contributed by atoms with Crippen LogP contribution in [0.2, 0.25) is 0 Å². The molecule has 9 atom stereocenters. The van der Waals surface area contributed by atoms with Crippen molar-refractivity contribution in [2.75, 3.05) is 7.11 Å². The predicted octanol–water partition coefficient (Wildman–Crippen LogP) is 8.38. The number of methoxy groups -OCH3 is 1. The standard InChI is InChI=1S/C50H60N8O8/c1-24(2)42(55-49(61)62)47(59)58-38-9-7-8-30(38)20-40(58)45-51-22-37(53-45)29-11-13-33-32(18-29)23-65-41-21-34-28(19-35(33)41)12-14-36-44(34)54-46(52-36)39-15-10-25(3)57(39)48(60)43(56-50(63)64-6)31-16-26(4)66-27(5)17-31/h11-14,18-19,21-22,24-27,30-31,38-40,42-43,55H,7-10,15-17,20,23H2,1-6H3,(H,51,53)(H,52,54)(H,56,63)(H,61,62)/t25-,26+,27+,30-,38-,39-,40-,42?,43?/m0/s1. The van der Waals surface area contributed by atoms with E-state index in [0.717, 1.165) is 94.0 Å². The normalized spacial score (nSPS) is 26.7. The number of carbonyl (C=O) groups is 4. The molecule has 5 aliphatic rings. The molecule has 0 bridgehead atoms. The molecule has 4 aliphatic heterocycles. The Morgan fingerprint density at radius 1 is 0.864 bits per heavy atom. The van der Waals surface area contributed by atoms with Crippen LogP contribution in [0.5, 0.6) is 5.75 Å². The summed E-state index contributed by atoms with van der Waals surface area (Å²) in [7, 11) is 1.32. The summed E-state index contributed by atoms with van der Waals surface area (Å²) in [6.45, 7) is 10.2. The number of imidazole rings is 2. The van der Waals surface area contributed by atoms with Gasteiger partial charge < -0.3 is 49.7 Å². The first-order chi connectivity index (χ1) is 31.8. The molecular weight excluding hydrogens is 841 g/mol.